The summed E-state index contributed by atoms with van der Waals surface area (Å²) in [5.41, 5.74) is 0. The quantitative estimate of drug-likeness (QED) is 0.335. The lowest BCUT2D eigenvalue weighted by Crippen LogP contribution is -2.38. The van der Waals surface area contributed by atoms with Crippen molar-refractivity contribution in [1.82, 2.24) is 0 Å². The van der Waals surface area contributed by atoms with Crippen molar-refractivity contribution in [1.29, 1.82) is 0 Å². The summed E-state index contributed by atoms with van der Waals surface area (Å²) < 4.78 is 5.42. The molecule has 0 aliphatic rings. The van der Waals surface area contributed by atoms with Crippen LogP contribution in [-0.2, 0) is 4.12 Å². The van der Waals surface area contributed by atoms with Crippen LogP contribution in [0.1, 0.15) is 6.42 Å². The first-order valence-electron chi connectivity index (χ1n) is 3.82. The summed E-state index contributed by atoms with van der Waals surface area (Å²) in [6.45, 7) is 4.25. The third kappa shape index (κ3) is 5.51. The highest BCUT2D eigenvalue weighted by Gasteiger charge is 2.31. The van der Waals surface area contributed by atoms with Gasteiger partial charge in [0.15, 0.2) is 9.04 Å². The molecule has 1 atom stereocenters. The van der Waals surface area contributed by atoms with Gasteiger partial charge in [-0.15, -0.1) is 0 Å². The van der Waals surface area contributed by atoms with E-state index < -0.39 is 9.04 Å². The average Bonchev–Trinajstić information content (AvgIpc) is 1.85. The van der Waals surface area contributed by atoms with Gasteiger partial charge in [-0.1, -0.05) is 6.55 Å². The van der Waals surface area contributed by atoms with Crippen LogP contribution in [0.3, 0.4) is 0 Å². The second-order valence-corrected chi connectivity index (χ2v) is 11.4. The van der Waals surface area contributed by atoms with Gasteiger partial charge >= 0.3 is 0 Å². The van der Waals surface area contributed by atoms with Crippen molar-refractivity contribution < 1.29 is 4.12 Å². The van der Waals surface area contributed by atoms with Crippen LogP contribution in [0.5, 0.6) is 0 Å². The Bertz CT molecular complexity index is 133. The summed E-state index contributed by atoms with van der Waals surface area (Å²) in [5.74, 6) is 0. The molecule has 1 unspecified atom stereocenters. The van der Waals surface area contributed by atoms with Crippen LogP contribution in [0.15, 0.2) is 0 Å². The van der Waals surface area contributed by atoms with Gasteiger partial charge in [0.05, 0.1) is 3.70 Å². The van der Waals surface area contributed by atoms with Crippen LogP contribution in [0.4, 0.5) is 0 Å². The van der Waals surface area contributed by atoms with Gasteiger partial charge < -0.3 is 4.12 Å². The van der Waals surface area contributed by atoms with Gasteiger partial charge in [0.2, 0.25) is 0 Å². The van der Waals surface area contributed by atoms with Crippen molar-refractivity contribution in [3.8, 4) is 0 Å². The van der Waals surface area contributed by atoms with Gasteiger partial charge in [0, 0.05) is 4.58 Å². The van der Waals surface area contributed by atoms with Crippen molar-refractivity contribution in [2.75, 3.05) is 0 Å². The summed E-state index contributed by atoms with van der Waals surface area (Å²) >= 11 is 17.4. The fourth-order valence-corrected chi connectivity index (χ4v) is 7.71. The van der Waals surface area contributed by atoms with Crippen LogP contribution in [0.2, 0.25) is 13.1 Å². The van der Waals surface area contributed by atoms with E-state index in [9.17, 15) is 0 Å². The Morgan fingerprint density at radius 1 is 1.50 bits per heavy atom. The normalized spacial score (nSPS) is 16.2. The topological polar surface area (TPSA) is 9.23 Å². The SMILES string of the molecule is C[SiH2]O[SiH](C)C(S)(S)CC(S)S. The monoisotopic (exact) mass is 276 g/mol. The van der Waals surface area contributed by atoms with Gasteiger partial charge in [-0.2, -0.15) is 50.5 Å². The molecule has 0 saturated carbocycles. The molecule has 0 bridgehead atoms. The summed E-state index contributed by atoms with van der Waals surface area (Å²) in [6.07, 6.45) is 0.771. The van der Waals surface area contributed by atoms with Gasteiger partial charge in [-0.25, -0.2) is 0 Å². The van der Waals surface area contributed by atoms with Gasteiger partial charge in [-0.05, 0) is 13.0 Å². The van der Waals surface area contributed by atoms with Crippen molar-refractivity contribution in [3.05, 3.63) is 0 Å². The molecule has 0 N–H and O–H groups in total. The molecule has 12 heavy (non-hydrogen) atoms. The van der Waals surface area contributed by atoms with E-state index in [1.807, 2.05) is 0 Å². The minimum atomic E-state index is -1.28. The maximum atomic E-state index is 5.66. The molecular weight excluding hydrogens is 260 g/mol. The minimum absolute atomic E-state index is 0.0390. The largest absolute Gasteiger partial charge is 0.461 e. The molecule has 0 saturated heterocycles. The molecule has 0 aromatic carbocycles. The van der Waals surface area contributed by atoms with Crippen LogP contribution in [0, 0.1) is 0 Å². The molecule has 0 heterocycles. The molecule has 0 aromatic heterocycles. The van der Waals surface area contributed by atoms with Crippen molar-refractivity contribution in [2.24, 2.45) is 0 Å². The zero-order valence-corrected chi connectivity index (χ0v) is 13.4. The van der Waals surface area contributed by atoms with E-state index in [0.29, 0.717) is 0 Å². The predicted molar refractivity (Wildman–Crippen MR) is 75.6 cm³/mol. The molecule has 7 heteroatoms. The summed E-state index contributed by atoms with van der Waals surface area (Å²) in [6, 6.07) is 0. The number of hydrogen-bond donors (Lipinski definition) is 4. The van der Waals surface area contributed by atoms with Gasteiger partial charge in [-0.3, -0.25) is 0 Å². The Labute approximate surface area is 101 Å². The predicted octanol–water partition coefficient (Wildman–Crippen LogP) is 1.16. The second-order valence-electron chi connectivity index (χ2n) is 2.66. The highest BCUT2D eigenvalue weighted by molar-refractivity contribution is 8.03. The maximum Gasteiger partial charge on any atom is 0.185 e. The fraction of sp³-hybridized carbons (Fsp3) is 1.00. The lowest BCUT2D eigenvalue weighted by molar-refractivity contribution is 0.606. The van der Waals surface area contributed by atoms with Crippen LogP contribution in [0.25, 0.3) is 0 Å². The third-order valence-electron chi connectivity index (χ3n) is 1.55. The molecule has 74 valence electrons. The lowest BCUT2D eigenvalue weighted by atomic mass is 10.5. The lowest BCUT2D eigenvalue weighted by Gasteiger charge is -2.29. The van der Waals surface area contributed by atoms with E-state index in [4.69, 9.17) is 4.12 Å². The summed E-state index contributed by atoms with van der Waals surface area (Å²) in [7, 11) is -1.61. The zero-order chi connectivity index (χ0) is 9.78. The van der Waals surface area contributed by atoms with E-state index in [-0.39, 0.29) is 18.0 Å². The molecule has 1 nitrogen and oxygen atoms in total. The Morgan fingerprint density at radius 2 is 2.00 bits per heavy atom. The maximum absolute atomic E-state index is 5.66. The van der Waals surface area contributed by atoms with E-state index in [1.165, 1.54) is 0 Å². The van der Waals surface area contributed by atoms with E-state index >= 15 is 0 Å². The molecular formula is C5H16OS4Si2. The molecule has 0 rings (SSSR count). The van der Waals surface area contributed by atoms with Gasteiger partial charge in [0.25, 0.3) is 0 Å². The Hall–Kier alpha value is 1.79. The molecule has 0 spiro atoms. The smallest absolute Gasteiger partial charge is 0.185 e. The van der Waals surface area contributed by atoms with E-state index in [1.54, 1.807) is 0 Å². The number of thiol groups is 4. The van der Waals surface area contributed by atoms with Crippen molar-refractivity contribution in [3.63, 3.8) is 0 Å². The Balaban J connectivity index is 3.99. The number of rotatable bonds is 5. The van der Waals surface area contributed by atoms with Crippen molar-refractivity contribution >= 4 is 69.3 Å². The second kappa shape index (κ2) is 6.31. The third-order valence-corrected chi connectivity index (χ3v) is 9.33. The van der Waals surface area contributed by atoms with Gasteiger partial charge in [0.1, 0.15) is 9.76 Å². The molecule has 0 amide bonds. The highest BCUT2D eigenvalue weighted by atomic mass is 32.2. The average molecular weight is 277 g/mol. The zero-order valence-electron chi connectivity index (χ0n) is 7.27. The fourth-order valence-electron chi connectivity index (χ4n) is 0.818. The van der Waals surface area contributed by atoms with Crippen LogP contribution >= 0.6 is 50.5 Å². The first-order chi connectivity index (χ1) is 5.40. The Kier molecular flexibility index (Phi) is 7.25. The van der Waals surface area contributed by atoms with Crippen LogP contribution < -0.4 is 0 Å². The molecule has 0 aromatic rings. The molecule has 0 radical (unpaired) electrons. The molecule has 0 fully saturated rings. The van der Waals surface area contributed by atoms with Crippen molar-refractivity contribution in [2.45, 2.75) is 27.8 Å². The highest BCUT2D eigenvalue weighted by Crippen LogP contribution is 2.31. The number of hydrogen-bond acceptors (Lipinski definition) is 5. The van der Waals surface area contributed by atoms with Crippen LogP contribution in [-0.4, -0.2) is 27.1 Å². The summed E-state index contributed by atoms with van der Waals surface area (Å²) in [4.78, 5) is 0. The molecule has 0 aliphatic heterocycles. The first kappa shape index (κ1) is 13.8. The van der Waals surface area contributed by atoms with E-state index in [2.05, 4.69) is 63.6 Å². The minimum Gasteiger partial charge on any atom is -0.461 e. The van der Waals surface area contributed by atoms with E-state index in [0.717, 1.165) is 6.42 Å². The standard InChI is InChI=1S/C5H16OS4Si2/c1-11-6-12(2)5(9,10)3-4(7)8/h4,7-10,12H,3,11H2,1-2H3. The molecule has 0 aliphatic carbocycles. The summed E-state index contributed by atoms with van der Waals surface area (Å²) in [5, 5.41) is 0. The Morgan fingerprint density at radius 3 is 2.33 bits per heavy atom. The first-order valence-corrected chi connectivity index (χ1v) is 9.95.